The standard InChI is InChI=1S/C50H51NO11/c1-3-5-7-9-11-13-15-17-18-19-20-21-22-23-24-25-26-27-29-31-33-35-37-39-45(54)51-42(41-59-50-48(57)49(61-62-58)47(56)44(40-52)60-50)46(55)43(53)38-36-34-32-30-28-16-14-12-10-8-6-4-2/h42-44,46-50,52-53,55-58H,4,6,8,10,12,14,16,28,30,32,34,36,38,40-41H2,1-2H3,(H,51,54)/t42-,43+,44?,46-,47?,48?,49?,50?/m0/s1. The summed E-state index contributed by atoms with van der Waals surface area (Å²) in [6.07, 6.45) is 3.13. The van der Waals surface area contributed by atoms with Crippen LogP contribution in [0.4, 0.5) is 0 Å². The van der Waals surface area contributed by atoms with E-state index < -0.39 is 68.1 Å². The van der Waals surface area contributed by atoms with Gasteiger partial charge in [0.1, 0.15) is 24.4 Å². The fourth-order valence-corrected chi connectivity index (χ4v) is 5.39. The fourth-order valence-electron chi connectivity index (χ4n) is 5.39. The lowest BCUT2D eigenvalue weighted by Crippen LogP contribution is -2.61. The Morgan fingerprint density at radius 1 is 0.629 bits per heavy atom. The molecule has 1 rings (SSSR count). The highest BCUT2D eigenvalue weighted by Crippen LogP contribution is 2.25. The van der Waals surface area contributed by atoms with Gasteiger partial charge in [-0.3, -0.25) is 4.79 Å². The lowest BCUT2D eigenvalue weighted by molar-refractivity contribution is -0.526. The molecule has 12 heteroatoms. The Morgan fingerprint density at radius 3 is 1.47 bits per heavy atom. The topological polar surface area (TPSA) is 187 Å². The van der Waals surface area contributed by atoms with Crippen LogP contribution in [0.2, 0.25) is 0 Å². The number of carbonyl (C=O) groups is 1. The maximum absolute atomic E-state index is 12.7. The van der Waals surface area contributed by atoms with Crippen LogP contribution in [-0.2, 0) is 24.2 Å². The van der Waals surface area contributed by atoms with Crippen LogP contribution in [0, 0.1) is 142 Å². The Hall–Kier alpha value is -6.21. The van der Waals surface area contributed by atoms with Crippen molar-refractivity contribution in [1.29, 1.82) is 0 Å². The van der Waals surface area contributed by atoms with Gasteiger partial charge in [-0.15, -0.1) is 0 Å². The fraction of sp³-hybridized carbons (Fsp3) is 0.500. The molecule has 12 nitrogen and oxygen atoms in total. The molecule has 0 aromatic carbocycles. The van der Waals surface area contributed by atoms with E-state index in [9.17, 15) is 30.3 Å². The number of hydrogen-bond donors (Lipinski definition) is 7. The lowest BCUT2D eigenvalue weighted by Gasteiger charge is -2.41. The van der Waals surface area contributed by atoms with Crippen molar-refractivity contribution in [3.8, 4) is 142 Å². The maximum atomic E-state index is 12.7. The normalized spacial score (nSPS) is 17.6. The average Bonchev–Trinajstić information content (AvgIpc) is 3.27. The minimum absolute atomic E-state index is 0.236. The first-order valence-electron chi connectivity index (χ1n) is 20.1. The van der Waals surface area contributed by atoms with Crippen LogP contribution in [0.25, 0.3) is 0 Å². The number of carbonyl (C=O) groups excluding carboxylic acids is 1. The largest absolute Gasteiger partial charge is 0.394 e. The molecule has 62 heavy (non-hydrogen) atoms. The summed E-state index contributed by atoms with van der Waals surface area (Å²) in [4.78, 5) is 17.3. The van der Waals surface area contributed by atoms with E-state index in [0.29, 0.717) is 6.42 Å². The van der Waals surface area contributed by atoms with Crippen LogP contribution >= 0.6 is 0 Å². The van der Waals surface area contributed by atoms with Crippen molar-refractivity contribution >= 4 is 5.91 Å². The molecule has 0 aromatic heterocycles. The van der Waals surface area contributed by atoms with Crippen LogP contribution < -0.4 is 5.32 Å². The molecule has 8 atom stereocenters. The summed E-state index contributed by atoms with van der Waals surface area (Å²) in [7, 11) is 0. The molecule has 0 aromatic rings. The first-order valence-corrected chi connectivity index (χ1v) is 20.1. The molecule has 1 aliphatic heterocycles. The molecule has 1 heterocycles. The molecule has 1 fully saturated rings. The first kappa shape index (κ1) is 53.8. The highest BCUT2D eigenvalue weighted by atomic mass is 17.5. The van der Waals surface area contributed by atoms with Crippen LogP contribution in [0.15, 0.2) is 0 Å². The van der Waals surface area contributed by atoms with Crippen LogP contribution in [-0.4, -0.2) is 98.9 Å². The second-order valence-corrected chi connectivity index (χ2v) is 13.1. The quantitative estimate of drug-likeness (QED) is 0.0364. The summed E-state index contributed by atoms with van der Waals surface area (Å²) in [6.45, 7) is 2.64. The first-order chi connectivity index (χ1) is 30.3. The highest BCUT2D eigenvalue weighted by Gasteiger charge is 2.47. The van der Waals surface area contributed by atoms with Crippen molar-refractivity contribution in [3.63, 3.8) is 0 Å². The number of unbranched alkanes of at least 4 members (excludes halogenated alkanes) is 11. The van der Waals surface area contributed by atoms with E-state index in [1.165, 1.54) is 44.9 Å². The molecule has 322 valence electrons. The monoisotopic (exact) mass is 841 g/mol. The summed E-state index contributed by atoms with van der Waals surface area (Å²) in [5.74, 6) is 58.3. The molecular formula is C50H51NO11. The molecule has 0 bridgehead atoms. The van der Waals surface area contributed by atoms with E-state index in [-0.39, 0.29) is 6.42 Å². The van der Waals surface area contributed by atoms with Crippen molar-refractivity contribution in [2.45, 2.75) is 146 Å². The van der Waals surface area contributed by atoms with Gasteiger partial charge in [-0.05, 0) is 108 Å². The zero-order valence-electron chi connectivity index (χ0n) is 34.9. The number of aliphatic hydroxyl groups is 5. The zero-order valence-corrected chi connectivity index (χ0v) is 34.9. The molecule has 0 spiro atoms. The van der Waals surface area contributed by atoms with Gasteiger partial charge < -0.3 is 40.3 Å². The Kier molecular flexibility index (Phi) is 32.8. The number of nitrogens with one attached hydrogen (secondary N) is 1. The van der Waals surface area contributed by atoms with Crippen molar-refractivity contribution in [1.82, 2.24) is 5.32 Å². The number of aliphatic hydroxyl groups excluding tert-OH is 5. The summed E-state index contributed by atoms with van der Waals surface area (Å²) < 4.78 is 11.0. The third-order valence-electron chi connectivity index (χ3n) is 8.51. The van der Waals surface area contributed by atoms with Gasteiger partial charge in [0.25, 0.3) is 5.91 Å². The number of ether oxygens (including phenoxy) is 2. The Balaban J connectivity index is 2.80. The minimum atomic E-state index is -1.75. The SMILES string of the molecule is CC#CC#CC#CC#CC#CC#CC#CC#CC#CC#CC#CC#CC(=O)N[C@@H](COC1OC(CO)C(O)C(OOO)C1O)[C@H](O)[C@H](O)CCCCCCCCCCCCCC. The Bertz CT molecular complexity index is 2180. The second kappa shape index (κ2) is 37.8. The molecule has 5 unspecified atom stereocenters. The van der Waals surface area contributed by atoms with Crippen LogP contribution in [0.5, 0.6) is 0 Å². The van der Waals surface area contributed by atoms with Gasteiger partial charge in [0, 0.05) is 41.4 Å². The molecule has 1 amide bonds. The third-order valence-corrected chi connectivity index (χ3v) is 8.51. The Labute approximate surface area is 366 Å². The molecule has 1 aliphatic rings. The molecular weight excluding hydrogens is 791 g/mol. The lowest BCUT2D eigenvalue weighted by atomic mass is 9.98. The van der Waals surface area contributed by atoms with E-state index in [4.69, 9.17) is 14.7 Å². The van der Waals surface area contributed by atoms with Gasteiger partial charge in [-0.1, -0.05) is 94.9 Å². The van der Waals surface area contributed by atoms with Gasteiger partial charge in [0.15, 0.2) is 12.4 Å². The molecule has 0 aliphatic carbocycles. The van der Waals surface area contributed by atoms with E-state index >= 15 is 0 Å². The summed E-state index contributed by atoms with van der Waals surface area (Å²) in [5, 5.41) is 67.2. The van der Waals surface area contributed by atoms with Gasteiger partial charge in [-0.2, -0.15) is 4.89 Å². The highest BCUT2D eigenvalue weighted by molar-refractivity contribution is 5.94. The number of amides is 1. The minimum Gasteiger partial charge on any atom is -0.394 e. The Morgan fingerprint density at radius 2 is 1.05 bits per heavy atom. The van der Waals surface area contributed by atoms with Crippen molar-refractivity contribution in [2.24, 2.45) is 0 Å². The van der Waals surface area contributed by atoms with E-state index in [0.717, 1.165) is 25.7 Å². The summed E-state index contributed by atoms with van der Waals surface area (Å²) in [6, 6.07) is -1.27. The van der Waals surface area contributed by atoms with Crippen LogP contribution in [0.1, 0.15) is 97.3 Å². The van der Waals surface area contributed by atoms with Crippen molar-refractivity contribution < 1.29 is 55.0 Å². The summed E-state index contributed by atoms with van der Waals surface area (Å²) >= 11 is 0. The summed E-state index contributed by atoms with van der Waals surface area (Å²) in [5.41, 5.74) is 0. The van der Waals surface area contributed by atoms with Gasteiger partial charge >= 0.3 is 0 Å². The van der Waals surface area contributed by atoms with Gasteiger partial charge in [0.2, 0.25) is 0 Å². The maximum Gasteiger partial charge on any atom is 0.297 e. The van der Waals surface area contributed by atoms with Crippen molar-refractivity contribution in [3.05, 3.63) is 0 Å². The smallest absolute Gasteiger partial charge is 0.297 e. The zero-order chi connectivity index (χ0) is 45.3. The molecule has 0 radical (unpaired) electrons. The van der Waals surface area contributed by atoms with Crippen molar-refractivity contribution in [2.75, 3.05) is 13.2 Å². The predicted molar refractivity (Wildman–Crippen MR) is 231 cm³/mol. The van der Waals surface area contributed by atoms with E-state index in [2.05, 4.69) is 164 Å². The third kappa shape index (κ3) is 26.8. The second-order valence-electron chi connectivity index (χ2n) is 13.1. The van der Waals surface area contributed by atoms with Crippen LogP contribution in [0.3, 0.4) is 0 Å². The predicted octanol–water partition coefficient (Wildman–Crippen LogP) is 1.59. The average molecular weight is 842 g/mol. The molecule has 1 saturated heterocycles. The van der Waals surface area contributed by atoms with E-state index in [1.807, 2.05) is 0 Å². The number of hydrogen-bond acceptors (Lipinski definition) is 11. The van der Waals surface area contributed by atoms with E-state index in [1.54, 1.807) is 6.92 Å². The molecule has 7 N–H and O–H groups in total. The molecule has 0 saturated carbocycles. The number of rotatable bonds is 22. The van der Waals surface area contributed by atoms with Gasteiger partial charge in [0.05, 0.1) is 25.4 Å². The van der Waals surface area contributed by atoms with Gasteiger partial charge in [-0.25, -0.2) is 5.26 Å².